The predicted octanol–water partition coefficient (Wildman–Crippen LogP) is 4.97. The monoisotopic (exact) mass is 346 g/mol. The number of nitrogen functional groups attached to an aromatic ring is 1. The molecule has 3 rings (SSSR count). The molecule has 0 atom stereocenters. The molecule has 4 heteroatoms. The molecule has 3 aromatic rings. The van der Waals surface area contributed by atoms with Crippen LogP contribution in [-0.2, 0) is 5.41 Å². The lowest BCUT2D eigenvalue weighted by Crippen LogP contribution is -2.18. The number of benzene rings is 2. The molecule has 2 aromatic carbocycles. The molecule has 102 valence electrons. The van der Waals surface area contributed by atoms with Gasteiger partial charge in [0, 0.05) is 15.6 Å². The van der Waals surface area contributed by atoms with Crippen molar-refractivity contribution in [1.29, 1.82) is 0 Å². The highest BCUT2D eigenvalue weighted by atomic mass is 79.9. The van der Waals surface area contributed by atoms with Crippen LogP contribution in [0.1, 0.15) is 24.4 Å². The van der Waals surface area contributed by atoms with Gasteiger partial charge in [-0.3, -0.25) is 0 Å². The Morgan fingerprint density at radius 1 is 1.10 bits per heavy atom. The fraction of sp³-hybridized carbons (Fsp3) is 0.188. The molecule has 0 aliphatic heterocycles. The number of hydrogen-bond acceptors (Lipinski definition) is 3. The number of nitrogens with zero attached hydrogens (tertiary/aromatic N) is 1. The van der Waals surface area contributed by atoms with Gasteiger partial charge in [-0.05, 0) is 49.7 Å². The van der Waals surface area contributed by atoms with Crippen LogP contribution in [-0.4, -0.2) is 4.98 Å². The summed E-state index contributed by atoms with van der Waals surface area (Å²) >= 11 is 5.26. The van der Waals surface area contributed by atoms with E-state index in [1.807, 2.05) is 18.2 Å². The van der Waals surface area contributed by atoms with Gasteiger partial charge < -0.3 is 5.73 Å². The smallest absolute Gasteiger partial charge is 0.104 e. The summed E-state index contributed by atoms with van der Waals surface area (Å²) in [4.78, 5) is 4.79. The average Bonchev–Trinajstić information content (AvgIpc) is 2.83. The lowest BCUT2D eigenvalue weighted by Gasteiger charge is -2.22. The maximum absolute atomic E-state index is 5.77. The van der Waals surface area contributed by atoms with Crippen LogP contribution in [0, 0.1) is 0 Å². The third-order valence-electron chi connectivity index (χ3n) is 3.52. The molecule has 0 aliphatic carbocycles. The van der Waals surface area contributed by atoms with Crippen LogP contribution < -0.4 is 5.73 Å². The molecule has 0 fully saturated rings. The average molecular weight is 347 g/mol. The summed E-state index contributed by atoms with van der Waals surface area (Å²) in [5, 5.41) is 1.12. The van der Waals surface area contributed by atoms with Gasteiger partial charge in [0.25, 0.3) is 0 Å². The molecule has 0 saturated heterocycles. The van der Waals surface area contributed by atoms with Crippen molar-refractivity contribution in [2.45, 2.75) is 19.3 Å². The van der Waals surface area contributed by atoms with Crippen molar-refractivity contribution in [2.75, 3.05) is 5.73 Å². The third-order valence-corrected chi connectivity index (χ3v) is 5.35. The highest BCUT2D eigenvalue weighted by molar-refractivity contribution is 9.10. The number of halogens is 1. The van der Waals surface area contributed by atoms with Crippen LogP contribution >= 0.6 is 27.3 Å². The van der Waals surface area contributed by atoms with Gasteiger partial charge in [0.2, 0.25) is 0 Å². The number of nitrogens with two attached hydrogens (primary N) is 1. The number of fused-ring (bicyclic) bond motifs is 1. The van der Waals surface area contributed by atoms with E-state index in [4.69, 9.17) is 10.7 Å². The highest BCUT2D eigenvalue weighted by Crippen LogP contribution is 2.37. The van der Waals surface area contributed by atoms with E-state index in [2.05, 4.69) is 54.0 Å². The Hall–Kier alpha value is -1.39. The molecule has 1 heterocycles. The number of rotatable bonds is 2. The van der Waals surface area contributed by atoms with Crippen LogP contribution in [0.15, 0.2) is 46.9 Å². The van der Waals surface area contributed by atoms with Crippen molar-refractivity contribution in [1.82, 2.24) is 4.98 Å². The normalized spacial score (nSPS) is 11.9. The molecule has 2 nitrogen and oxygen atoms in total. The molecule has 0 spiro atoms. The minimum atomic E-state index is -0.121. The Morgan fingerprint density at radius 2 is 1.80 bits per heavy atom. The molecule has 0 saturated carbocycles. The number of thiazole rings is 1. The van der Waals surface area contributed by atoms with Crippen LogP contribution in [0.2, 0.25) is 0 Å². The van der Waals surface area contributed by atoms with Crippen molar-refractivity contribution >= 4 is 43.2 Å². The Morgan fingerprint density at radius 3 is 2.50 bits per heavy atom. The minimum Gasteiger partial charge on any atom is -0.399 e. The zero-order chi connectivity index (χ0) is 14.3. The molecule has 0 bridgehead atoms. The molecular weight excluding hydrogens is 332 g/mol. The van der Waals surface area contributed by atoms with Gasteiger partial charge in [0.1, 0.15) is 5.01 Å². The lowest BCUT2D eigenvalue weighted by molar-refractivity contribution is 0.637. The van der Waals surface area contributed by atoms with Gasteiger partial charge in [0.15, 0.2) is 0 Å². The second-order valence-electron chi connectivity index (χ2n) is 5.38. The van der Waals surface area contributed by atoms with E-state index in [1.165, 1.54) is 10.3 Å². The minimum absolute atomic E-state index is 0.121. The summed E-state index contributed by atoms with van der Waals surface area (Å²) < 4.78 is 2.29. The first-order valence-electron chi connectivity index (χ1n) is 6.39. The van der Waals surface area contributed by atoms with Crippen molar-refractivity contribution in [3.63, 3.8) is 0 Å². The Kier molecular flexibility index (Phi) is 3.30. The van der Waals surface area contributed by atoms with Crippen LogP contribution in [0.5, 0.6) is 0 Å². The Bertz CT molecular complexity index is 760. The molecular formula is C16H15BrN2S. The zero-order valence-corrected chi connectivity index (χ0v) is 13.8. The maximum atomic E-state index is 5.77. The van der Waals surface area contributed by atoms with Gasteiger partial charge in [-0.1, -0.05) is 28.1 Å². The van der Waals surface area contributed by atoms with Gasteiger partial charge in [-0.25, -0.2) is 4.98 Å². The van der Waals surface area contributed by atoms with E-state index in [0.717, 1.165) is 20.7 Å². The standard InChI is InChI=1S/C16H15BrN2S/c1-16(2,10-3-6-12(18)7-4-10)15-19-13-8-5-11(17)9-14(13)20-15/h3-9H,18H2,1-2H3. The summed E-state index contributed by atoms with van der Waals surface area (Å²) in [5.74, 6) is 0. The number of aromatic nitrogens is 1. The number of anilines is 1. The second-order valence-corrected chi connectivity index (χ2v) is 7.32. The van der Waals surface area contributed by atoms with Crippen LogP contribution in [0.3, 0.4) is 0 Å². The summed E-state index contributed by atoms with van der Waals surface area (Å²) in [5.41, 5.74) is 8.72. The van der Waals surface area contributed by atoms with E-state index in [-0.39, 0.29) is 5.41 Å². The third kappa shape index (κ3) is 2.34. The van der Waals surface area contributed by atoms with Crippen molar-refractivity contribution < 1.29 is 0 Å². The van der Waals surface area contributed by atoms with E-state index in [0.29, 0.717) is 0 Å². The molecule has 0 unspecified atom stereocenters. The topological polar surface area (TPSA) is 38.9 Å². The van der Waals surface area contributed by atoms with Gasteiger partial charge in [-0.2, -0.15) is 0 Å². The largest absolute Gasteiger partial charge is 0.399 e. The summed E-state index contributed by atoms with van der Waals surface area (Å²) in [7, 11) is 0. The van der Waals surface area contributed by atoms with Crippen molar-refractivity contribution in [3.05, 3.63) is 57.5 Å². The number of hydrogen-bond donors (Lipinski definition) is 1. The lowest BCUT2D eigenvalue weighted by atomic mass is 9.85. The van der Waals surface area contributed by atoms with Gasteiger partial charge in [-0.15, -0.1) is 11.3 Å². The molecule has 0 aliphatic rings. The van der Waals surface area contributed by atoms with Gasteiger partial charge in [0.05, 0.1) is 10.2 Å². The van der Waals surface area contributed by atoms with E-state index in [9.17, 15) is 0 Å². The van der Waals surface area contributed by atoms with E-state index < -0.39 is 0 Å². The first-order chi connectivity index (χ1) is 9.46. The fourth-order valence-electron chi connectivity index (χ4n) is 2.19. The van der Waals surface area contributed by atoms with E-state index in [1.54, 1.807) is 11.3 Å². The first-order valence-corrected chi connectivity index (χ1v) is 8.00. The SMILES string of the molecule is CC(C)(c1ccc(N)cc1)c1nc2ccc(Br)cc2s1. The van der Waals surface area contributed by atoms with Crippen LogP contribution in [0.25, 0.3) is 10.2 Å². The van der Waals surface area contributed by atoms with E-state index >= 15 is 0 Å². The molecule has 0 amide bonds. The fourth-order valence-corrected chi connectivity index (χ4v) is 3.83. The molecule has 1 aromatic heterocycles. The Balaban J connectivity index is 2.10. The quantitative estimate of drug-likeness (QED) is 0.665. The maximum Gasteiger partial charge on any atom is 0.104 e. The molecule has 0 radical (unpaired) electrons. The van der Waals surface area contributed by atoms with Crippen molar-refractivity contribution in [3.8, 4) is 0 Å². The van der Waals surface area contributed by atoms with Gasteiger partial charge >= 0.3 is 0 Å². The predicted molar refractivity (Wildman–Crippen MR) is 90.3 cm³/mol. The summed E-state index contributed by atoms with van der Waals surface area (Å²) in [6.45, 7) is 4.40. The second kappa shape index (κ2) is 4.86. The summed E-state index contributed by atoms with van der Waals surface area (Å²) in [6, 6.07) is 14.3. The summed E-state index contributed by atoms with van der Waals surface area (Å²) in [6.07, 6.45) is 0. The van der Waals surface area contributed by atoms with Crippen molar-refractivity contribution in [2.24, 2.45) is 0 Å². The Labute approximate surface area is 130 Å². The zero-order valence-electron chi connectivity index (χ0n) is 11.4. The van der Waals surface area contributed by atoms with Crippen LogP contribution in [0.4, 0.5) is 5.69 Å². The molecule has 20 heavy (non-hydrogen) atoms. The highest BCUT2D eigenvalue weighted by Gasteiger charge is 2.27. The molecule has 2 N–H and O–H groups in total. The first kappa shape index (κ1) is 13.6.